The van der Waals surface area contributed by atoms with Gasteiger partial charge in [0.1, 0.15) is 6.04 Å². The Morgan fingerprint density at radius 2 is 1.78 bits per heavy atom. The Balaban J connectivity index is 1.89. The van der Waals surface area contributed by atoms with Gasteiger partial charge in [0.25, 0.3) is 0 Å². The fourth-order valence-corrected chi connectivity index (χ4v) is 4.49. The van der Waals surface area contributed by atoms with Crippen molar-refractivity contribution < 1.29 is 18.0 Å². The number of hydrogen-bond acceptors (Lipinski definition) is 4. The molecule has 1 heterocycles. The van der Waals surface area contributed by atoms with Crippen molar-refractivity contribution >= 4 is 21.8 Å². The molecule has 0 spiro atoms. The molecule has 2 amide bonds. The summed E-state index contributed by atoms with van der Waals surface area (Å²) in [6.07, 6.45) is 1.72. The van der Waals surface area contributed by atoms with Crippen LogP contribution in [0.25, 0.3) is 0 Å². The Labute approximate surface area is 161 Å². The fourth-order valence-electron chi connectivity index (χ4n) is 3.02. The summed E-state index contributed by atoms with van der Waals surface area (Å²) in [5.41, 5.74) is 1.00. The second-order valence-corrected chi connectivity index (χ2v) is 8.95. The molecule has 27 heavy (non-hydrogen) atoms. The summed E-state index contributed by atoms with van der Waals surface area (Å²) in [6.45, 7) is 6.69. The van der Waals surface area contributed by atoms with E-state index in [0.717, 1.165) is 12.0 Å². The molecule has 0 unspecified atom stereocenters. The fraction of sp³-hybridized carbons (Fsp3) is 0.579. The Morgan fingerprint density at radius 1 is 1.19 bits per heavy atom. The number of hydrogen-bond donors (Lipinski definition) is 2. The smallest absolute Gasteiger partial charge is 0.243 e. The highest BCUT2D eigenvalue weighted by molar-refractivity contribution is 7.89. The van der Waals surface area contributed by atoms with E-state index >= 15 is 0 Å². The van der Waals surface area contributed by atoms with E-state index in [4.69, 9.17) is 0 Å². The van der Waals surface area contributed by atoms with Gasteiger partial charge in [-0.1, -0.05) is 24.6 Å². The summed E-state index contributed by atoms with van der Waals surface area (Å²) >= 11 is 0. The van der Waals surface area contributed by atoms with Gasteiger partial charge in [-0.3, -0.25) is 9.59 Å². The number of carbonyl (C=O) groups excluding carboxylic acids is 2. The molecule has 8 heteroatoms. The molecular weight excluding hydrogens is 366 g/mol. The Kier molecular flexibility index (Phi) is 7.38. The molecule has 1 atom stereocenters. The van der Waals surface area contributed by atoms with Crippen molar-refractivity contribution in [2.24, 2.45) is 5.92 Å². The van der Waals surface area contributed by atoms with Gasteiger partial charge in [0.2, 0.25) is 21.8 Å². The van der Waals surface area contributed by atoms with Gasteiger partial charge < -0.3 is 10.6 Å². The molecular formula is C19H29N3O4S. The molecule has 2 N–H and O–H groups in total. The van der Waals surface area contributed by atoms with E-state index in [1.54, 1.807) is 31.2 Å². The number of piperidine rings is 1. The van der Waals surface area contributed by atoms with Crippen LogP contribution in [0.2, 0.25) is 0 Å². The molecule has 7 nitrogen and oxygen atoms in total. The average Bonchev–Trinajstić information content (AvgIpc) is 2.66. The zero-order valence-corrected chi connectivity index (χ0v) is 17.0. The van der Waals surface area contributed by atoms with Gasteiger partial charge >= 0.3 is 0 Å². The first-order valence-corrected chi connectivity index (χ1v) is 10.8. The van der Waals surface area contributed by atoms with Gasteiger partial charge in [0.15, 0.2) is 0 Å². The zero-order chi connectivity index (χ0) is 20.0. The summed E-state index contributed by atoms with van der Waals surface area (Å²) in [7, 11) is -3.54. The van der Waals surface area contributed by atoms with Crippen LogP contribution in [0.1, 0.15) is 38.7 Å². The third-order valence-corrected chi connectivity index (χ3v) is 6.70. The van der Waals surface area contributed by atoms with Crippen molar-refractivity contribution in [1.82, 2.24) is 14.9 Å². The Bertz CT molecular complexity index is 754. The largest absolute Gasteiger partial charge is 0.354 e. The lowest BCUT2D eigenvalue weighted by molar-refractivity contribution is -0.131. The molecule has 150 valence electrons. The molecule has 1 aromatic carbocycles. The Morgan fingerprint density at radius 3 is 2.33 bits per heavy atom. The predicted octanol–water partition coefficient (Wildman–Crippen LogP) is 1.43. The maximum Gasteiger partial charge on any atom is 0.243 e. The van der Waals surface area contributed by atoms with Crippen LogP contribution in [-0.4, -0.2) is 50.2 Å². The third kappa shape index (κ3) is 5.52. The van der Waals surface area contributed by atoms with Gasteiger partial charge in [0.05, 0.1) is 4.90 Å². The minimum Gasteiger partial charge on any atom is -0.354 e. The van der Waals surface area contributed by atoms with Crippen molar-refractivity contribution in [3.8, 4) is 0 Å². The molecule has 1 aliphatic heterocycles. The van der Waals surface area contributed by atoms with Crippen molar-refractivity contribution in [3.63, 3.8) is 0 Å². The lowest BCUT2D eigenvalue weighted by Gasteiger charge is -2.31. The number of sulfonamides is 1. The van der Waals surface area contributed by atoms with Crippen LogP contribution in [0.5, 0.6) is 0 Å². The van der Waals surface area contributed by atoms with Gasteiger partial charge in [-0.15, -0.1) is 0 Å². The quantitative estimate of drug-likeness (QED) is 0.730. The minimum atomic E-state index is -3.54. The number of aryl methyl sites for hydroxylation is 1. The van der Waals surface area contributed by atoms with Crippen LogP contribution in [0.4, 0.5) is 0 Å². The van der Waals surface area contributed by atoms with E-state index in [9.17, 15) is 18.0 Å². The highest BCUT2D eigenvalue weighted by atomic mass is 32.2. The minimum absolute atomic E-state index is 0.193. The number of nitrogens with zero attached hydrogens (tertiary/aromatic N) is 1. The lowest BCUT2D eigenvalue weighted by atomic mass is 9.97. The van der Waals surface area contributed by atoms with Crippen molar-refractivity contribution in [2.45, 2.75) is 51.0 Å². The molecule has 0 bridgehead atoms. The molecule has 0 saturated carbocycles. The zero-order valence-electron chi connectivity index (χ0n) is 16.2. The first kappa shape index (κ1) is 21.4. The highest BCUT2D eigenvalue weighted by Gasteiger charge is 2.32. The summed E-state index contributed by atoms with van der Waals surface area (Å²) in [5.74, 6) is -0.679. The predicted molar refractivity (Wildman–Crippen MR) is 104 cm³/mol. The van der Waals surface area contributed by atoms with Crippen LogP contribution < -0.4 is 10.6 Å². The maximum absolute atomic E-state index is 12.7. The summed E-state index contributed by atoms with van der Waals surface area (Å²) in [6, 6.07) is 6.18. The van der Waals surface area contributed by atoms with Crippen molar-refractivity contribution in [2.75, 3.05) is 19.6 Å². The van der Waals surface area contributed by atoms with Gasteiger partial charge in [-0.05, 0) is 45.2 Å². The molecule has 0 radical (unpaired) electrons. The van der Waals surface area contributed by atoms with Gasteiger partial charge in [0, 0.05) is 25.6 Å². The molecule has 1 aliphatic rings. The molecule has 2 rings (SSSR count). The lowest BCUT2D eigenvalue weighted by Crippen LogP contribution is -2.49. The van der Waals surface area contributed by atoms with Gasteiger partial charge in [-0.2, -0.15) is 4.31 Å². The van der Waals surface area contributed by atoms with E-state index in [1.165, 1.54) is 4.31 Å². The van der Waals surface area contributed by atoms with Crippen LogP contribution in [0.3, 0.4) is 0 Å². The van der Waals surface area contributed by atoms with Crippen LogP contribution in [0, 0.1) is 12.8 Å². The third-order valence-electron chi connectivity index (χ3n) is 4.78. The number of benzene rings is 1. The van der Waals surface area contributed by atoms with E-state index in [-0.39, 0.29) is 22.6 Å². The van der Waals surface area contributed by atoms with Crippen LogP contribution >= 0.6 is 0 Å². The second kappa shape index (κ2) is 9.32. The number of amides is 2. The summed E-state index contributed by atoms with van der Waals surface area (Å²) < 4.78 is 26.9. The number of nitrogens with one attached hydrogen (secondary N) is 2. The normalized spacial score (nSPS) is 17.3. The summed E-state index contributed by atoms with van der Waals surface area (Å²) in [4.78, 5) is 24.5. The standard InChI is InChI=1S/C19H29N3O4S/c1-4-11-20-18(23)15(3)21-19(24)16-9-12-22(13-10-16)27(25,26)17-7-5-14(2)6-8-17/h5-8,15-16H,4,9-13H2,1-3H3,(H,20,23)(H,21,24)/t15-/m1/s1. The van der Waals surface area contributed by atoms with E-state index in [1.807, 2.05) is 13.8 Å². The van der Waals surface area contributed by atoms with Crippen molar-refractivity contribution in [3.05, 3.63) is 29.8 Å². The monoisotopic (exact) mass is 395 g/mol. The molecule has 1 saturated heterocycles. The van der Waals surface area contributed by atoms with Crippen LogP contribution in [0.15, 0.2) is 29.2 Å². The van der Waals surface area contributed by atoms with Crippen molar-refractivity contribution in [1.29, 1.82) is 0 Å². The van der Waals surface area contributed by atoms with Crippen LogP contribution in [-0.2, 0) is 19.6 Å². The first-order valence-electron chi connectivity index (χ1n) is 9.40. The molecule has 0 aromatic heterocycles. The van der Waals surface area contributed by atoms with E-state index < -0.39 is 16.1 Å². The second-order valence-electron chi connectivity index (χ2n) is 7.01. The maximum atomic E-state index is 12.7. The number of rotatable bonds is 7. The van der Waals surface area contributed by atoms with E-state index in [0.29, 0.717) is 32.5 Å². The SMILES string of the molecule is CCCNC(=O)[C@@H](C)NC(=O)C1CCN(S(=O)(=O)c2ccc(C)cc2)CC1. The topological polar surface area (TPSA) is 95.6 Å². The first-order chi connectivity index (χ1) is 12.8. The molecule has 1 fully saturated rings. The molecule has 1 aromatic rings. The van der Waals surface area contributed by atoms with E-state index in [2.05, 4.69) is 10.6 Å². The van der Waals surface area contributed by atoms with Gasteiger partial charge in [-0.25, -0.2) is 8.42 Å². The number of carbonyl (C=O) groups is 2. The Hall–Kier alpha value is -1.93. The average molecular weight is 396 g/mol. The summed E-state index contributed by atoms with van der Waals surface area (Å²) in [5, 5.41) is 5.48. The molecule has 0 aliphatic carbocycles. The highest BCUT2D eigenvalue weighted by Crippen LogP contribution is 2.24.